The van der Waals surface area contributed by atoms with Gasteiger partial charge in [0.2, 0.25) is 0 Å². The van der Waals surface area contributed by atoms with Gasteiger partial charge in [-0.3, -0.25) is 0 Å². The van der Waals surface area contributed by atoms with Gasteiger partial charge in [0.25, 0.3) is 0 Å². The van der Waals surface area contributed by atoms with E-state index in [1.807, 2.05) is 24.3 Å². The molecule has 10 heteroatoms. The summed E-state index contributed by atoms with van der Waals surface area (Å²) >= 11 is 0. The van der Waals surface area contributed by atoms with Gasteiger partial charge in [-0.05, 0) is 34.7 Å². The fourth-order valence-electron chi connectivity index (χ4n) is 2.17. The fourth-order valence-corrected chi connectivity index (χ4v) is 2.17. The van der Waals surface area contributed by atoms with Crippen molar-refractivity contribution in [2.75, 3.05) is 0 Å². The van der Waals surface area contributed by atoms with E-state index in [2.05, 4.69) is 43.7 Å². The number of nitrogens with zero attached hydrogens (tertiary/aromatic N) is 8. The zero-order valence-electron chi connectivity index (χ0n) is 13.4. The number of para-hydroxylation sites is 1. The SMILES string of the molecule is C=Cc1nnn(Oc2cnc(On3nnc4ccccc43)nc2)c1C=C. The van der Waals surface area contributed by atoms with Crippen molar-refractivity contribution in [1.29, 1.82) is 0 Å². The van der Waals surface area contributed by atoms with Crippen molar-refractivity contribution in [3.8, 4) is 11.8 Å². The second-order valence-corrected chi connectivity index (χ2v) is 4.98. The van der Waals surface area contributed by atoms with Crippen LogP contribution in [0.25, 0.3) is 23.2 Å². The molecule has 4 aromatic rings. The summed E-state index contributed by atoms with van der Waals surface area (Å²) in [4.78, 5) is 21.7. The number of benzene rings is 1. The van der Waals surface area contributed by atoms with Crippen LogP contribution in [0.1, 0.15) is 11.4 Å². The van der Waals surface area contributed by atoms with Crippen LogP contribution in [-0.2, 0) is 0 Å². The quantitative estimate of drug-likeness (QED) is 0.519. The molecule has 0 aliphatic rings. The third-order valence-corrected chi connectivity index (χ3v) is 3.37. The van der Waals surface area contributed by atoms with Gasteiger partial charge in [-0.1, -0.05) is 35.0 Å². The first-order chi connectivity index (χ1) is 12.8. The highest BCUT2D eigenvalue weighted by Crippen LogP contribution is 2.15. The Morgan fingerprint density at radius 3 is 2.42 bits per heavy atom. The smallest absolute Gasteiger partial charge is 0.345 e. The number of aromatic nitrogens is 8. The number of hydrogen-bond donors (Lipinski definition) is 0. The summed E-state index contributed by atoms with van der Waals surface area (Å²) < 4.78 is 0. The molecule has 0 aliphatic heterocycles. The zero-order valence-corrected chi connectivity index (χ0v) is 13.4. The number of rotatable bonds is 6. The Hall–Kier alpha value is -4.08. The molecule has 3 aromatic heterocycles. The van der Waals surface area contributed by atoms with Gasteiger partial charge in [-0.15, -0.1) is 10.2 Å². The zero-order chi connectivity index (χ0) is 17.9. The topological polar surface area (TPSA) is 106 Å². The molecule has 128 valence electrons. The Balaban J connectivity index is 1.53. The van der Waals surface area contributed by atoms with Gasteiger partial charge in [0.15, 0.2) is 5.75 Å². The van der Waals surface area contributed by atoms with E-state index < -0.39 is 0 Å². The molecule has 0 aliphatic carbocycles. The monoisotopic (exact) mass is 348 g/mol. The lowest BCUT2D eigenvalue weighted by molar-refractivity contribution is 0.157. The minimum absolute atomic E-state index is 0.0855. The van der Waals surface area contributed by atoms with Gasteiger partial charge in [0.05, 0.1) is 12.4 Å². The van der Waals surface area contributed by atoms with Crippen LogP contribution < -0.4 is 9.68 Å². The van der Waals surface area contributed by atoms with E-state index in [9.17, 15) is 0 Å². The summed E-state index contributed by atoms with van der Waals surface area (Å²) in [5.74, 6) is 0.337. The van der Waals surface area contributed by atoms with Crippen LogP contribution in [0.4, 0.5) is 0 Å². The van der Waals surface area contributed by atoms with Gasteiger partial charge in [0.1, 0.15) is 22.4 Å². The van der Waals surface area contributed by atoms with Gasteiger partial charge in [0, 0.05) is 0 Å². The molecule has 10 nitrogen and oxygen atoms in total. The second kappa shape index (κ2) is 6.43. The molecule has 4 rings (SSSR count). The average molecular weight is 348 g/mol. The van der Waals surface area contributed by atoms with Crippen LogP contribution >= 0.6 is 0 Å². The molecule has 0 unspecified atom stereocenters. The first-order valence-corrected chi connectivity index (χ1v) is 7.48. The lowest BCUT2D eigenvalue weighted by Gasteiger charge is -2.06. The minimum atomic E-state index is 0.0855. The number of hydrogen-bond acceptors (Lipinski definition) is 8. The van der Waals surface area contributed by atoms with Gasteiger partial charge < -0.3 is 9.68 Å². The van der Waals surface area contributed by atoms with E-state index in [-0.39, 0.29) is 6.01 Å². The summed E-state index contributed by atoms with van der Waals surface area (Å²) in [6.07, 6.45) is 5.98. The second-order valence-electron chi connectivity index (χ2n) is 4.98. The number of fused-ring (bicyclic) bond motifs is 1. The molecule has 3 heterocycles. The van der Waals surface area contributed by atoms with E-state index in [1.165, 1.54) is 22.1 Å². The molecule has 0 saturated heterocycles. The maximum atomic E-state index is 5.55. The van der Waals surface area contributed by atoms with E-state index in [1.54, 1.807) is 12.2 Å². The van der Waals surface area contributed by atoms with Crippen molar-refractivity contribution < 1.29 is 9.68 Å². The van der Waals surface area contributed by atoms with Gasteiger partial charge >= 0.3 is 6.01 Å². The van der Waals surface area contributed by atoms with Crippen LogP contribution in [0, 0.1) is 0 Å². The Morgan fingerprint density at radius 2 is 1.65 bits per heavy atom. The molecule has 26 heavy (non-hydrogen) atoms. The van der Waals surface area contributed by atoms with Crippen LogP contribution in [0.3, 0.4) is 0 Å². The highest BCUT2D eigenvalue weighted by Gasteiger charge is 2.11. The Labute approximate surface area is 146 Å². The first-order valence-electron chi connectivity index (χ1n) is 7.48. The Morgan fingerprint density at radius 1 is 0.885 bits per heavy atom. The van der Waals surface area contributed by atoms with Crippen LogP contribution in [0.15, 0.2) is 49.8 Å². The summed E-state index contributed by atoms with van der Waals surface area (Å²) in [5, 5.41) is 15.7. The maximum Gasteiger partial charge on any atom is 0.345 e. The summed E-state index contributed by atoms with van der Waals surface area (Å²) in [6, 6.07) is 7.46. The molecule has 0 N–H and O–H groups in total. The third-order valence-electron chi connectivity index (χ3n) is 3.37. The van der Waals surface area contributed by atoms with E-state index in [0.29, 0.717) is 28.2 Å². The molecule has 0 radical (unpaired) electrons. The highest BCUT2D eigenvalue weighted by atomic mass is 16.7. The molecule has 0 fully saturated rings. The average Bonchev–Trinajstić information content (AvgIpc) is 3.27. The third kappa shape index (κ3) is 2.75. The lowest BCUT2D eigenvalue weighted by Crippen LogP contribution is -2.11. The molecular weight excluding hydrogens is 336 g/mol. The van der Waals surface area contributed by atoms with Gasteiger partial charge in [-0.2, -0.15) is 9.97 Å². The molecule has 0 spiro atoms. The van der Waals surface area contributed by atoms with Gasteiger partial charge in [-0.25, -0.2) is 0 Å². The predicted octanol–water partition coefficient (Wildman–Crippen LogP) is 1.78. The summed E-state index contributed by atoms with van der Waals surface area (Å²) in [7, 11) is 0. The molecule has 0 amide bonds. The van der Waals surface area contributed by atoms with Crippen LogP contribution in [-0.4, -0.2) is 40.3 Å². The van der Waals surface area contributed by atoms with Crippen molar-refractivity contribution in [3.05, 3.63) is 61.2 Å². The van der Waals surface area contributed by atoms with Crippen molar-refractivity contribution in [2.24, 2.45) is 0 Å². The maximum absolute atomic E-state index is 5.55. The first kappa shape index (κ1) is 15.4. The standard InChI is InChI=1S/C16H12N8O2/c1-3-12-14(4-2)23(21-19-12)25-11-9-17-16(18-10-11)26-24-15-8-6-5-7-13(15)20-22-24/h3-10H,1-2H2. The lowest BCUT2D eigenvalue weighted by atomic mass is 10.3. The molecule has 0 saturated carbocycles. The molecule has 0 bridgehead atoms. The molecular formula is C16H12N8O2. The Bertz CT molecular complexity index is 1080. The summed E-state index contributed by atoms with van der Waals surface area (Å²) in [5.41, 5.74) is 2.52. The van der Waals surface area contributed by atoms with Crippen molar-refractivity contribution in [3.63, 3.8) is 0 Å². The highest BCUT2D eigenvalue weighted by molar-refractivity contribution is 5.73. The predicted molar refractivity (Wildman–Crippen MR) is 91.8 cm³/mol. The van der Waals surface area contributed by atoms with Crippen molar-refractivity contribution >= 4 is 23.2 Å². The largest absolute Gasteiger partial charge is 0.353 e. The van der Waals surface area contributed by atoms with E-state index >= 15 is 0 Å². The van der Waals surface area contributed by atoms with Crippen LogP contribution in [0.5, 0.6) is 11.8 Å². The summed E-state index contributed by atoms with van der Waals surface area (Å²) in [6.45, 7) is 7.35. The van der Waals surface area contributed by atoms with E-state index in [4.69, 9.17) is 9.68 Å². The van der Waals surface area contributed by atoms with Crippen molar-refractivity contribution in [1.82, 2.24) is 40.3 Å². The molecule has 0 atom stereocenters. The van der Waals surface area contributed by atoms with E-state index in [0.717, 1.165) is 0 Å². The fraction of sp³-hybridized carbons (Fsp3) is 0. The van der Waals surface area contributed by atoms with Crippen LogP contribution in [0.2, 0.25) is 0 Å². The normalized spacial score (nSPS) is 10.6. The molecule has 1 aromatic carbocycles. The Kier molecular flexibility index (Phi) is 3.82. The van der Waals surface area contributed by atoms with Crippen molar-refractivity contribution in [2.45, 2.75) is 0 Å². The minimum Gasteiger partial charge on any atom is -0.353 e.